The summed E-state index contributed by atoms with van der Waals surface area (Å²) in [5, 5.41) is 0. The Bertz CT molecular complexity index is 1250. The molecule has 0 saturated carbocycles. The van der Waals surface area contributed by atoms with Crippen LogP contribution in [0.2, 0.25) is 0 Å². The van der Waals surface area contributed by atoms with E-state index in [0.29, 0.717) is 11.4 Å². The minimum atomic E-state index is -4.22. The van der Waals surface area contributed by atoms with E-state index in [0.717, 1.165) is 9.87 Å². The van der Waals surface area contributed by atoms with Gasteiger partial charge in [-0.05, 0) is 61.0 Å². The fourth-order valence-corrected chi connectivity index (χ4v) is 4.87. The molecule has 0 spiro atoms. The van der Waals surface area contributed by atoms with Crippen molar-refractivity contribution in [2.75, 3.05) is 37.0 Å². The summed E-state index contributed by atoms with van der Waals surface area (Å²) in [7, 11) is 0.132. The Morgan fingerprint density at radius 3 is 2.27 bits per heavy atom. The molecule has 0 bridgehead atoms. The molecule has 0 aliphatic heterocycles. The zero-order valence-electron chi connectivity index (χ0n) is 18.8. The Hall–Kier alpha value is -3.59. The molecule has 0 heterocycles. The topological polar surface area (TPSA) is 76.2 Å². The summed E-state index contributed by atoms with van der Waals surface area (Å²) in [6.45, 7) is 1.27. The van der Waals surface area contributed by atoms with Crippen LogP contribution in [-0.2, 0) is 14.8 Å². The molecule has 1 amide bonds. The lowest BCUT2D eigenvalue weighted by Crippen LogP contribution is -2.42. The molecular formula is C24H25FN2O5S. The second-order valence-electron chi connectivity index (χ2n) is 7.30. The smallest absolute Gasteiger partial charge is 0.268 e. The third-order valence-corrected chi connectivity index (χ3v) is 6.89. The highest BCUT2D eigenvalue weighted by Crippen LogP contribution is 2.32. The Morgan fingerprint density at radius 2 is 1.64 bits per heavy atom. The molecule has 174 valence electrons. The number of halogens is 1. The molecule has 3 rings (SSSR count). The number of hydrogen-bond acceptors (Lipinski definition) is 5. The number of aryl methyl sites for hydroxylation is 1. The quantitative estimate of drug-likeness (QED) is 0.495. The van der Waals surface area contributed by atoms with Crippen LogP contribution in [0.25, 0.3) is 0 Å². The summed E-state index contributed by atoms with van der Waals surface area (Å²) in [6.07, 6.45) is 0. The van der Waals surface area contributed by atoms with E-state index in [1.807, 2.05) is 0 Å². The molecule has 33 heavy (non-hydrogen) atoms. The molecule has 0 aliphatic rings. The van der Waals surface area contributed by atoms with E-state index >= 15 is 0 Å². The number of carbonyl (C=O) groups excluding carboxylic acids is 1. The number of likely N-dealkylation sites (N-methyl/N-ethyl adjacent to an activating group) is 1. The van der Waals surface area contributed by atoms with Crippen LogP contribution < -0.4 is 18.7 Å². The van der Waals surface area contributed by atoms with Gasteiger partial charge in [0.05, 0.1) is 19.9 Å². The average Bonchev–Trinajstić information content (AvgIpc) is 2.82. The predicted molar refractivity (Wildman–Crippen MR) is 125 cm³/mol. The van der Waals surface area contributed by atoms with Gasteiger partial charge in [0.2, 0.25) is 5.91 Å². The van der Waals surface area contributed by atoms with Crippen molar-refractivity contribution in [1.82, 2.24) is 0 Å². The highest BCUT2D eigenvalue weighted by Gasteiger charge is 2.31. The van der Waals surface area contributed by atoms with Gasteiger partial charge in [0.25, 0.3) is 10.0 Å². The van der Waals surface area contributed by atoms with Crippen molar-refractivity contribution in [3.8, 4) is 11.5 Å². The maximum atomic E-state index is 13.8. The van der Waals surface area contributed by atoms with Crippen molar-refractivity contribution in [3.63, 3.8) is 0 Å². The summed E-state index contributed by atoms with van der Waals surface area (Å²) in [5.41, 5.74) is 1.39. The van der Waals surface area contributed by atoms with Crippen LogP contribution >= 0.6 is 0 Å². The van der Waals surface area contributed by atoms with Crippen LogP contribution in [0.15, 0.2) is 71.6 Å². The molecule has 0 aliphatic carbocycles. The molecule has 0 radical (unpaired) electrons. The minimum Gasteiger partial charge on any atom is -0.497 e. The van der Waals surface area contributed by atoms with Crippen molar-refractivity contribution in [2.45, 2.75) is 11.8 Å². The van der Waals surface area contributed by atoms with E-state index in [9.17, 15) is 17.6 Å². The third-order valence-electron chi connectivity index (χ3n) is 5.10. The van der Waals surface area contributed by atoms with Crippen molar-refractivity contribution >= 4 is 27.3 Å². The fourth-order valence-electron chi connectivity index (χ4n) is 3.22. The van der Waals surface area contributed by atoms with E-state index in [-0.39, 0.29) is 16.3 Å². The molecule has 0 atom stereocenters. The van der Waals surface area contributed by atoms with Gasteiger partial charge in [-0.2, -0.15) is 0 Å². The predicted octanol–water partition coefficient (Wildman–Crippen LogP) is 4.01. The van der Waals surface area contributed by atoms with Crippen molar-refractivity contribution in [1.29, 1.82) is 0 Å². The van der Waals surface area contributed by atoms with Gasteiger partial charge in [-0.15, -0.1) is 0 Å². The van der Waals surface area contributed by atoms with Crippen LogP contribution in [-0.4, -0.2) is 42.1 Å². The fraction of sp³-hybridized carbons (Fsp3) is 0.208. The lowest BCUT2D eigenvalue weighted by molar-refractivity contribution is -0.116. The molecule has 0 N–H and O–H groups in total. The number of sulfonamides is 1. The number of ether oxygens (including phenoxy) is 2. The van der Waals surface area contributed by atoms with Gasteiger partial charge in [0, 0.05) is 18.8 Å². The summed E-state index contributed by atoms with van der Waals surface area (Å²) in [5.74, 6) is -0.359. The standard InChI is InChI=1S/C24H25FN2O5S/c1-17-8-13-22(32-4)23(14-17)33(29,30)27(20-6-5-7-21(15-20)31-3)16-24(28)26(2)19-11-9-18(25)10-12-19/h5-15H,16H2,1-4H3. The zero-order chi connectivity index (χ0) is 24.2. The van der Waals surface area contributed by atoms with Gasteiger partial charge < -0.3 is 14.4 Å². The van der Waals surface area contributed by atoms with Gasteiger partial charge in [-0.3, -0.25) is 9.10 Å². The van der Waals surface area contributed by atoms with E-state index in [2.05, 4.69) is 0 Å². The number of rotatable bonds is 8. The summed E-state index contributed by atoms with van der Waals surface area (Å²) < 4.78 is 52.4. The first kappa shape index (κ1) is 24.1. The molecule has 9 heteroatoms. The molecule has 0 aromatic heterocycles. The van der Waals surface area contributed by atoms with Crippen LogP contribution in [0.1, 0.15) is 5.56 Å². The van der Waals surface area contributed by atoms with Crippen LogP contribution in [0.4, 0.5) is 15.8 Å². The van der Waals surface area contributed by atoms with Crippen LogP contribution in [0, 0.1) is 12.7 Å². The molecule has 3 aromatic carbocycles. The minimum absolute atomic E-state index is 0.0648. The number of hydrogen-bond donors (Lipinski definition) is 0. The molecule has 3 aromatic rings. The number of benzene rings is 3. The number of carbonyl (C=O) groups is 1. The average molecular weight is 473 g/mol. The van der Waals surface area contributed by atoms with E-state index in [4.69, 9.17) is 9.47 Å². The molecule has 7 nitrogen and oxygen atoms in total. The maximum absolute atomic E-state index is 13.8. The molecule has 0 saturated heterocycles. The summed E-state index contributed by atoms with van der Waals surface area (Å²) >= 11 is 0. The van der Waals surface area contributed by atoms with Gasteiger partial charge in [0.1, 0.15) is 28.8 Å². The second kappa shape index (κ2) is 9.91. The molecular weight excluding hydrogens is 447 g/mol. The molecule has 0 unspecified atom stereocenters. The number of nitrogens with zero attached hydrogens (tertiary/aromatic N) is 2. The summed E-state index contributed by atoms with van der Waals surface area (Å²) in [4.78, 5) is 14.3. The third kappa shape index (κ3) is 5.25. The van der Waals surface area contributed by atoms with Gasteiger partial charge in [-0.25, -0.2) is 12.8 Å². The largest absolute Gasteiger partial charge is 0.497 e. The SMILES string of the molecule is COc1cccc(N(CC(=O)N(C)c2ccc(F)cc2)S(=O)(=O)c2cc(C)ccc2OC)c1. The lowest BCUT2D eigenvalue weighted by atomic mass is 10.2. The summed E-state index contributed by atoms with van der Waals surface area (Å²) in [6, 6.07) is 16.6. The normalized spacial score (nSPS) is 11.1. The highest BCUT2D eigenvalue weighted by atomic mass is 32.2. The first-order chi connectivity index (χ1) is 15.7. The van der Waals surface area contributed by atoms with E-state index in [1.54, 1.807) is 37.3 Å². The zero-order valence-corrected chi connectivity index (χ0v) is 19.6. The Morgan fingerprint density at radius 1 is 0.939 bits per heavy atom. The number of amides is 1. The number of anilines is 2. The first-order valence-corrected chi connectivity index (χ1v) is 11.4. The second-order valence-corrected chi connectivity index (χ2v) is 9.13. The van der Waals surface area contributed by atoms with Gasteiger partial charge in [-0.1, -0.05) is 12.1 Å². The van der Waals surface area contributed by atoms with E-state index in [1.165, 1.54) is 62.6 Å². The Balaban J connectivity index is 2.07. The lowest BCUT2D eigenvalue weighted by Gasteiger charge is -2.27. The number of methoxy groups -OCH3 is 2. The maximum Gasteiger partial charge on any atom is 0.268 e. The Kier molecular flexibility index (Phi) is 7.23. The van der Waals surface area contributed by atoms with Gasteiger partial charge in [0.15, 0.2) is 0 Å². The van der Waals surface area contributed by atoms with Crippen molar-refractivity contribution in [2.24, 2.45) is 0 Å². The molecule has 0 fully saturated rings. The van der Waals surface area contributed by atoms with Crippen LogP contribution in [0.3, 0.4) is 0 Å². The monoisotopic (exact) mass is 472 g/mol. The Labute approximate surface area is 193 Å². The van der Waals surface area contributed by atoms with Crippen molar-refractivity contribution < 1.29 is 27.1 Å². The highest BCUT2D eigenvalue weighted by molar-refractivity contribution is 7.93. The van der Waals surface area contributed by atoms with Gasteiger partial charge >= 0.3 is 0 Å². The van der Waals surface area contributed by atoms with Crippen molar-refractivity contribution in [3.05, 3.63) is 78.1 Å². The van der Waals surface area contributed by atoms with E-state index < -0.39 is 28.3 Å². The van der Waals surface area contributed by atoms with Crippen LogP contribution in [0.5, 0.6) is 11.5 Å². The first-order valence-electron chi connectivity index (χ1n) is 10.0.